The lowest BCUT2D eigenvalue weighted by atomic mass is 10.2. The molecule has 144 valence electrons. The molecule has 0 saturated heterocycles. The molecular weight excluding hydrogens is 368 g/mol. The lowest BCUT2D eigenvalue weighted by molar-refractivity contribution is -0.116. The highest BCUT2D eigenvalue weighted by molar-refractivity contribution is 7.88. The van der Waals surface area contributed by atoms with Gasteiger partial charge in [-0.3, -0.25) is 4.79 Å². The van der Waals surface area contributed by atoms with Crippen molar-refractivity contribution in [3.8, 4) is 11.5 Å². The average molecular weight is 390 g/mol. The van der Waals surface area contributed by atoms with Crippen LogP contribution in [0.1, 0.15) is 17.5 Å². The number of benzene rings is 2. The van der Waals surface area contributed by atoms with Crippen LogP contribution in [0.15, 0.2) is 42.5 Å². The molecule has 1 heterocycles. The second-order valence-electron chi connectivity index (χ2n) is 6.45. The Kier molecular flexibility index (Phi) is 5.67. The van der Waals surface area contributed by atoms with E-state index in [1.165, 1.54) is 4.31 Å². The minimum atomic E-state index is -3.47. The maximum Gasteiger partial charge on any atom is 0.231 e. The van der Waals surface area contributed by atoms with E-state index in [4.69, 9.17) is 9.47 Å². The van der Waals surface area contributed by atoms with Crippen LogP contribution in [0, 0.1) is 6.92 Å². The van der Waals surface area contributed by atoms with Crippen molar-refractivity contribution < 1.29 is 22.7 Å². The van der Waals surface area contributed by atoms with Crippen molar-refractivity contribution in [1.29, 1.82) is 0 Å². The Morgan fingerprint density at radius 1 is 1.11 bits per heavy atom. The SMILES string of the molecule is Cc1ccc(NC(=O)CCN(Cc2ccc3c(c2)OCO3)S(C)(=O)=O)cc1. The van der Waals surface area contributed by atoms with E-state index in [0.29, 0.717) is 17.2 Å². The number of hydrogen-bond donors (Lipinski definition) is 1. The zero-order valence-electron chi connectivity index (χ0n) is 15.3. The molecule has 0 unspecified atom stereocenters. The Hall–Kier alpha value is -2.58. The molecule has 0 atom stereocenters. The van der Waals surface area contributed by atoms with Gasteiger partial charge in [-0.2, -0.15) is 4.31 Å². The van der Waals surface area contributed by atoms with Crippen molar-refractivity contribution in [2.75, 3.05) is 24.9 Å². The maximum absolute atomic E-state index is 12.2. The fourth-order valence-corrected chi connectivity index (χ4v) is 3.50. The summed E-state index contributed by atoms with van der Waals surface area (Å²) in [5.41, 5.74) is 2.55. The molecule has 0 fully saturated rings. The Morgan fingerprint density at radius 2 is 1.81 bits per heavy atom. The van der Waals surface area contributed by atoms with Gasteiger partial charge in [-0.15, -0.1) is 0 Å². The maximum atomic E-state index is 12.2. The highest BCUT2D eigenvalue weighted by atomic mass is 32.2. The summed E-state index contributed by atoms with van der Waals surface area (Å²) in [6.07, 6.45) is 1.20. The fourth-order valence-electron chi connectivity index (χ4n) is 2.69. The van der Waals surface area contributed by atoms with Gasteiger partial charge in [-0.1, -0.05) is 23.8 Å². The quantitative estimate of drug-likeness (QED) is 0.785. The number of hydrogen-bond acceptors (Lipinski definition) is 5. The van der Waals surface area contributed by atoms with E-state index >= 15 is 0 Å². The zero-order chi connectivity index (χ0) is 19.4. The van der Waals surface area contributed by atoms with Crippen LogP contribution in [0.5, 0.6) is 11.5 Å². The van der Waals surface area contributed by atoms with Crippen LogP contribution in [0.2, 0.25) is 0 Å². The van der Waals surface area contributed by atoms with E-state index in [0.717, 1.165) is 17.4 Å². The normalized spacial score (nSPS) is 13.0. The number of aryl methyl sites for hydroxylation is 1. The van der Waals surface area contributed by atoms with Crippen molar-refractivity contribution in [2.45, 2.75) is 19.9 Å². The summed E-state index contributed by atoms with van der Waals surface area (Å²) in [6.45, 7) is 2.37. The molecule has 1 aliphatic heterocycles. The predicted molar refractivity (Wildman–Crippen MR) is 102 cm³/mol. The summed E-state index contributed by atoms with van der Waals surface area (Å²) in [5, 5.41) is 2.78. The third-order valence-electron chi connectivity index (χ3n) is 4.19. The fraction of sp³-hybridized carbons (Fsp3) is 0.316. The van der Waals surface area contributed by atoms with Gasteiger partial charge >= 0.3 is 0 Å². The molecule has 27 heavy (non-hydrogen) atoms. The van der Waals surface area contributed by atoms with Crippen LogP contribution < -0.4 is 14.8 Å². The van der Waals surface area contributed by atoms with Gasteiger partial charge < -0.3 is 14.8 Å². The van der Waals surface area contributed by atoms with E-state index in [1.807, 2.05) is 31.2 Å². The number of anilines is 1. The van der Waals surface area contributed by atoms with E-state index < -0.39 is 10.0 Å². The second-order valence-corrected chi connectivity index (χ2v) is 8.43. The number of nitrogens with one attached hydrogen (secondary N) is 1. The molecule has 0 spiro atoms. The summed E-state index contributed by atoms with van der Waals surface area (Å²) >= 11 is 0. The molecule has 0 radical (unpaired) electrons. The number of ether oxygens (including phenoxy) is 2. The summed E-state index contributed by atoms with van der Waals surface area (Å²) < 4.78 is 36.1. The first-order chi connectivity index (χ1) is 12.8. The van der Waals surface area contributed by atoms with Crippen molar-refractivity contribution >= 4 is 21.6 Å². The molecule has 0 aliphatic carbocycles. The summed E-state index contributed by atoms with van der Waals surface area (Å²) in [5.74, 6) is 0.999. The van der Waals surface area contributed by atoms with Gasteiger partial charge in [-0.05, 0) is 36.8 Å². The van der Waals surface area contributed by atoms with Crippen LogP contribution in [0.3, 0.4) is 0 Å². The van der Waals surface area contributed by atoms with Gasteiger partial charge in [0.2, 0.25) is 22.7 Å². The summed E-state index contributed by atoms with van der Waals surface area (Å²) in [4.78, 5) is 12.2. The van der Waals surface area contributed by atoms with Crippen molar-refractivity contribution in [2.24, 2.45) is 0 Å². The minimum Gasteiger partial charge on any atom is -0.454 e. The van der Waals surface area contributed by atoms with Gasteiger partial charge in [0.25, 0.3) is 0 Å². The molecule has 0 saturated carbocycles. The minimum absolute atomic E-state index is 0.0610. The Morgan fingerprint density at radius 3 is 2.52 bits per heavy atom. The number of carbonyl (C=O) groups excluding carboxylic acids is 1. The molecular formula is C19H22N2O5S. The van der Waals surface area contributed by atoms with Gasteiger partial charge in [0.1, 0.15) is 0 Å². The van der Waals surface area contributed by atoms with Crippen LogP contribution >= 0.6 is 0 Å². The van der Waals surface area contributed by atoms with Crippen LogP contribution in [0.25, 0.3) is 0 Å². The van der Waals surface area contributed by atoms with Crippen LogP contribution in [-0.4, -0.2) is 38.2 Å². The third-order valence-corrected chi connectivity index (χ3v) is 5.44. The first kappa shape index (κ1) is 19.2. The van der Waals surface area contributed by atoms with Crippen molar-refractivity contribution in [3.63, 3.8) is 0 Å². The van der Waals surface area contributed by atoms with Gasteiger partial charge in [0, 0.05) is 25.2 Å². The number of amides is 1. The largest absolute Gasteiger partial charge is 0.454 e. The lowest BCUT2D eigenvalue weighted by Crippen LogP contribution is -2.32. The Labute approximate surface area is 158 Å². The molecule has 2 aromatic carbocycles. The lowest BCUT2D eigenvalue weighted by Gasteiger charge is -2.20. The first-order valence-corrected chi connectivity index (χ1v) is 10.4. The third kappa shape index (κ3) is 5.21. The van der Waals surface area contributed by atoms with Gasteiger partial charge in [0.05, 0.1) is 6.26 Å². The molecule has 1 aliphatic rings. The summed E-state index contributed by atoms with van der Waals surface area (Å²) in [7, 11) is -3.47. The van der Waals surface area contributed by atoms with E-state index in [1.54, 1.807) is 18.2 Å². The second kappa shape index (κ2) is 7.98. The average Bonchev–Trinajstić information content (AvgIpc) is 3.07. The topological polar surface area (TPSA) is 84.9 Å². The number of carbonyl (C=O) groups is 1. The smallest absolute Gasteiger partial charge is 0.231 e. The zero-order valence-corrected chi connectivity index (χ0v) is 16.1. The highest BCUT2D eigenvalue weighted by Crippen LogP contribution is 2.33. The number of rotatable bonds is 7. The first-order valence-electron chi connectivity index (χ1n) is 8.51. The molecule has 1 amide bonds. The molecule has 8 heteroatoms. The van der Waals surface area contributed by atoms with Crippen LogP contribution in [0.4, 0.5) is 5.69 Å². The molecule has 1 N–H and O–H groups in total. The molecule has 7 nitrogen and oxygen atoms in total. The van der Waals surface area contributed by atoms with Crippen molar-refractivity contribution in [1.82, 2.24) is 4.31 Å². The summed E-state index contributed by atoms with van der Waals surface area (Å²) in [6, 6.07) is 12.7. The highest BCUT2D eigenvalue weighted by Gasteiger charge is 2.20. The molecule has 0 aromatic heterocycles. The molecule has 2 aromatic rings. The molecule has 3 rings (SSSR count). The standard InChI is InChI=1S/C19H22N2O5S/c1-14-3-6-16(7-4-14)20-19(22)9-10-21(27(2,23)24)12-15-5-8-17-18(11-15)26-13-25-17/h3-8,11H,9-10,12-13H2,1-2H3,(H,20,22). The molecule has 0 bridgehead atoms. The van der Waals surface area contributed by atoms with Gasteiger partial charge in [-0.25, -0.2) is 8.42 Å². The Bertz CT molecular complexity index is 926. The number of sulfonamides is 1. The van der Waals surface area contributed by atoms with Crippen LogP contribution in [-0.2, 0) is 21.4 Å². The van der Waals surface area contributed by atoms with E-state index in [-0.39, 0.29) is 32.2 Å². The van der Waals surface area contributed by atoms with Crippen molar-refractivity contribution in [3.05, 3.63) is 53.6 Å². The van der Waals surface area contributed by atoms with Gasteiger partial charge in [0.15, 0.2) is 11.5 Å². The monoisotopic (exact) mass is 390 g/mol. The van der Waals surface area contributed by atoms with E-state index in [2.05, 4.69) is 5.32 Å². The predicted octanol–water partition coefficient (Wildman–Crippen LogP) is 2.51. The number of nitrogens with zero attached hydrogens (tertiary/aromatic N) is 1. The van der Waals surface area contributed by atoms with E-state index in [9.17, 15) is 13.2 Å². The Balaban J connectivity index is 1.61. The number of fused-ring (bicyclic) bond motifs is 1.